The molecule has 9 heteroatoms. The molecule has 2 heterocycles. The van der Waals surface area contributed by atoms with Crippen molar-refractivity contribution in [1.82, 2.24) is 15.1 Å². The SMILES string of the molecule is C[C@H]1CN(C(=O)Nc2ccc(F)cc2)CCN1c1nnc(-c2ccc(F)cc2)c2ccccc12.Cl. The number of carbonyl (C=O) groups excluding carboxylic acids is 1. The highest BCUT2D eigenvalue weighted by Gasteiger charge is 2.29. The zero-order valence-corrected chi connectivity index (χ0v) is 19.8. The number of piperazine rings is 1. The number of amides is 2. The minimum absolute atomic E-state index is 0. The van der Waals surface area contributed by atoms with Gasteiger partial charge in [0, 0.05) is 47.7 Å². The Hall–Kier alpha value is -3.78. The standard InChI is InChI=1S/C26H23F2N5O.ClH/c1-17-16-32(26(34)29-21-12-10-20(28)11-13-21)14-15-33(17)25-23-5-3-2-4-22(23)24(30-31-25)18-6-8-19(27)9-7-18;/h2-13,17H,14-16H2,1H3,(H,29,34);1H/t17-;/m0./s1. The van der Waals surface area contributed by atoms with E-state index in [0.717, 1.165) is 22.2 Å². The fourth-order valence-electron chi connectivity index (χ4n) is 4.32. The second-order valence-corrected chi connectivity index (χ2v) is 8.35. The average Bonchev–Trinajstić information content (AvgIpc) is 2.85. The van der Waals surface area contributed by atoms with Crippen molar-refractivity contribution in [2.75, 3.05) is 29.9 Å². The minimum Gasteiger partial charge on any atom is -0.348 e. The number of benzene rings is 3. The van der Waals surface area contributed by atoms with Crippen LogP contribution in [0.5, 0.6) is 0 Å². The Balaban J connectivity index is 0.00000289. The highest BCUT2D eigenvalue weighted by molar-refractivity contribution is 6.00. The summed E-state index contributed by atoms with van der Waals surface area (Å²) in [6, 6.07) is 19.6. The summed E-state index contributed by atoms with van der Waals surface area (Å²) in [5.74, 6) is 0.111. The van der Waals surface area contributed by atoms with Crippen LogP contribution >= 0.6 is 12.4 Å². The third-order valence-electron chi connectivity index (χ3n) is 6.07. The first-order valence-corrected chi connectivity index (χ1v) is 11.1. The summed E-state index contributed by atoms with van der Waals surface area (Å²) in [5.41, 5.74) is 2.05. The maximum absolute atomic E-state index is 13.4. The summed E-state index contributed by atoms with van der Waals surface area (Å²) < 4.78 is 26.5. The van der Waals surface area contributed by atoms with Crippen molar-refractivity contribution in [3.05, 3.63) is 84.4 Å². The molecular formula is C26H24ClF2N5O. The maximum atomic E-state index is 13.4. The van der Waals surface area contributed by atoms with Gasteiger partial charge in [0.15, 0.2) is 5.82 Å². The molecule has 1 saturated heterocycles. The predicted molar refractivity (Wildman–Crippen MR) is 136 cm³/mol. The minimum atomic E-state index is -0.348. The second kappa shape index (κ2) is 10.2. The fourth-order valence-corrected chi connectivity index (χ4v) is 4.32. The van der Waals surface area contributed by atoms with Crippen LogP contribution in [0.15, 0.2) is 72.8 Å². The summed E-state index contributed by atoms with van der Waals surface area (Å²) in [5, 5.41) is 13.8. The third kappa shape index (κ3) is 5.02. The van der Waals surface area contributed by atoms with Gasteiger partial charge in [0.25, 0.3) is 0 Å². The van der Waals surface area contributed by atoms with Crippen LogP contribution < -0.4 is 10.2 Å². The third-order valence-corrected chi connectivity index (χ3v) is 6.07. The number of halogens is 3. The molecule has 0 radical (unpaired) electrons. The Morgan fingerprint density at radius 2 is 1.51 bits per heavy atom. The smallest absolute Gasteiger partial charge is 0.321 e. The van der Waals surface area contributed by atoms with E-state index in [0.29, 0.717) is 31.0 Å². The number of nitrogens with one attached hydrogen (secondary N) is 1. The van der Waals surface area contributed by atoms with Gasteiger partial charge >= 0.3 is 6.03 Å². The number of aromatic nitrogens is 2. The number of hydrogen-bond donors (Lipinski definition) is 1. The molecule has 1 aliphatic rings. The van der Waals surface area contributed by atoms with E-state index in [1.54, 1.807) is 17.0 Å². The van der Waals surface area contributed by atoms with Crippen molar-refractivity contribution >= 4 is 40.7 Å². The van der Waals surface area contributed by atoms with Crippen molar-refractivity contribution in [2.45, 2.75) is 13.0 Å². The van der Waals surface area contributed by atoms with E-state index in [2.05, 4.69) is 20.4 Å². The van der Waals surface area contributed by atoms with Crippen LogP contribution in [0.3, 0.4) is 0 Å². The summed E-state index contributed by atoms with van der Waals surface area (Å²) in [4.78, 5) is 16.6. The predicted octanol–water partition coefficient (Wildman–Crippen LogP) is 5.74. The van der Waals surface area contributed by atoms with Crippen LogP contribution in [-0.2, 0) is 0 Å². The van der Waals surface area contributed by atoms with Crippen molar-refractivity contribution in [1.29, 1.82) is 0 Å². The quantitative estimate of drug-likeness (QED) is 0.394. The number of carbonyl (C=O) groups is 1. The Morgan fingerprint density at radius 1 is 0.886 bits per heavy atom. The van der Waals surface area contributed by atoms with Crippen LogP contribution in [-0.4, -0.2) is 46.8 Å². The molecule has 0 spiro atoms. The molecule has 2 amide bonds. The first-order chi connectivity index (χ1) is 16.5. The molecule has 1 fully saturated rings. The molecule has 1 aromatic heterocycles. The first-order valence-electron chi connectivity index (χ1n) is 11.1. The van der Waals surface area contributed by atoms with Crippen molar-refractivity contribution in [2.24, 2.45) is 0 Å². The van der Waals surface area contributed by atoms with Crippen molar-refractivity contribution in [3.63, 3.8) is 0 Å². The van der Waals surface area contributed by atoms with Gasteiger partial charge in [-0.2, -0.15) is 0 Å². The molecule has 6 nitrogen and oxygen atoms in total. The normalized spacial score (nSPS) is 15.6. The van der Waals surface area contributed by atoms with E-state index in [4.69, 9.17) is 0 Å². The van der Waals surface area contributed by atoms with Gasteiger partial charge in [-0.1, -0.05) is 24.3 Å². The number of rotatable bonds is 3. The Morgan fingerprint density at radius 3 is 2.17 bits per heavy atom. The van der Waals surface area contributed by atoms with Gasteiger partial charge in [-0.15, -0.1) is 22.6 Å². The number of urea groups is 1. The molecule has 4 aromatic rings. The van der Waals surface area contributed by atoms with Gasteiger partial charge in [0.2, 0.25) is 0 Å². The highest BCUT2D eigenvalue weighted by atomic mass is 35.5. The Kier molecular flexibility index (Phi) is 7.12. The molecule has 1 N–H and O–H groups in total. The van der Waals surface area contributed by atoms with Crippen LogP contribution in [0.1, 0.15) is 6.92 Å². The van der Waals surface area contributed by atoms with E-state index in [9.17, 15) is 13.6 Å². The molecule has 5 rings (SSSR count). The molecular weight excluding hydrogens is 472 g/mol. The van der Waals surface area contributed by atoms with Gasteiger partial charge in [-0.3, -0.25) is 0 Å². The highest BCUT2D eigenvalue weighted by Crippen LogP contribution is 2.33. The topological polar surface area (TPSA) is 61.4 Å². The van der Waals surface area contributed by atoms with Crippen LogP contribution in [0.4, 0.5) is 25.1 Å². The lowest BCUT2D eigenvalue weighted by Crippen LogP contribution is -2.55. The zero-order valence-electron chi connectivity index (χ0n) is 19.0. The molecule has 1 atom stereocenters. The Bertz CT molecular complexity index is 1330. The van der Waals surface area contributed by atoms with Gasteiger partial charge in [0.1, 0.15) is 17.3 Å². The number of fused-ring (bicyclic) bond motifs is 1. The van der Waals surface area contributed by atoms with Crippen molar-refractivity contribution in [3.8, 4) is 11.3 Å². The van der Waals surface area contributed by atoms with Gasteiger partial charge in [-0.05, 0) is 55.5 Å². The molecule has 180 valence electrons. The van der Waals surface area contributed by atoms with Gasteiger partial charge < -0.3 is 15.1 Å². The lowest BCUT2D eigenvalue weighted by Gasteiger charge is -2.40. The van der Waals surface area contributed by atoms with Gasteiger partial charge in [-0.25, -0.2) is 13.6 Å². The lowest BCUT2D eigenvalue weighted by atomic mass is 10.0. The first kappa shape index (κ1) is 24.3. The number of hydrogen-bond acceptors (Lipinski definition) is 4. The Labute approximate surface area is 208 Å². The van der Waals surface area contributed by atoms with Crippen LogP contribution in [0.2, 0.25) is 0 Å². The average molecular weight is 496 g/mol. The van der Waals surface area contributed by atoms with E-state index in [1.807, 2.05) is 31.2 Å². The van der Waals surface area contributed by atoms with Gasteiger partial charge in [0.05, 0.1) is 0 Å². The van der Waals surface area contributed by atoms with Crippen LogP contribution in [0.25, 0.3) is 22.0 Å². The molecule has 0 bridgehead atoms. The fraction of sp³-hybridized carbons (Fsp3) is 0.192. The molecule has 3 aromatic carbocycles. The summed E-state index contributed by atoms with van der Waals surface area (Å²) >= 11 is 0. The zero-order chi connectivity index (χ0) is 23.7. The molecule has 0 aliphatic carbocycles. The largest absolute Gasteiger partial charge is 0.348 e. The van der Waals surface area contributed by atoms with E-state index in [1.165, 1.54) is 36.4 Å². The molecule has 0 saturated carbocycles. The lowest BCUT2D eigenvalue weighted by molar-refractivity contribution is 0.200. The maximum Gasteiger partial charge on any atom is 0.321 e. The van der Waals surface area contributed by atoms with Crippen molar-refractivity contribution < 1.29 is 13.6 Å². The van der Waals surface area contributed by atoms with Crippen LogP contribution in [0, 0.1) is 11.6 Å². The summed E-state index contributed by atoms with van der Waals surface area (Å²) in [6.07, 6.45) is 0. The second-order valence-electron chi connectivity index (χ2n) is 8.35. The van der Waals surface area contributed by atoms with E-state index < -0.39 is 0 Å². The number of nitrogens with zero attached hydrogens (tertiary/aromatic N) is 4. The number of anilines is 2. The summed E-state index contributed by atoms with van der Waals surface area (Å²) in [7, 11) is 0. The van der Waals surface area contributed by atoms with E-state index in [-0.39, 0.29) is 36.1 Å². The summed E-state index contributed by atoms with van der Waals surface area (Å²) in [6.45, 7) is 3.64. The monoisotopic (exact) mass is 495 g/mol. The molecule has 35 heavy (non-hydrogen) atoms. The molecule has 1 aliphatic heterocycles. The molecule has 0 unspecified atom stereocenters. The van der Waals surface area contributed by atoms with E-state index >= 15 is 0 Å².